The Morgan fingerprint density at radius 1 is 1.60 bits per heavy atom. The highest BCUT2D eigenvalue weighted by atomic mass is 16.5. The summed E-state index contributed by atoms with van der Waals surface area (Å²) in [6.07, 6.45) is 2.60. The molecule has 15 heavy (non-hydrogen) atoms. The minimum Gasteiger partial charge on any atom is -0.467 e. The third-order valence-corrected chi connectivity index (χ3v) is 2.11. The molecule has 0 radical (unpaired) electrons. The summed E-state index contributed by atoms with van der Waals surface area (Å²) in [6, 6.07) is 1.97. The number of hydrogen-bond acceptors (Lipinski definition) is 3. The lowest BCUT2D eigenvalue weighted by Gasteiger charge is -2.04. The second kappa shape index (κ2) is 6.43. The molecule has 0 aliphatic rings. The SMILES string of the molecule is C=C(C)CCOCc1occc1CNC. The van der Waals surface area contributed by atoms with Gasteiger partial charge in [-0.3, -0.25) is 0 Å². The maximum Gasteiger partial charge on any atom is 0.133 e. The molecule has 0 amide bonds. The van der Waals surface area contributed by atoms with Gasteiger partial charge in [-0.05, 0) is 26.5 Å². The van der Waals surface area contributed by atoms with Gasteiger partial charge in [0.1, 0.15) is 12.4 Å². The molecule has 84 valence electrons. The monoisotopic (exact) mass is 209 g/mol. The molecule has 3 nitrogen and oxygen atoms in total. The lowest BCUT2D eigenvalue weighted by Crippen LogP contribution is -2.06. The van der Waals surface area contributed by atoms with Crippen LogP contribution in [-0.4, -0.2) is 13.7 Å². The number of furan rings is 1. The molecule has 0 aliphatic carbocycles. The van der Waals surface area contributed by atoms with E-state index in [1.165, 1.54) is 0 Å². The summed E-state index contributed by atoms with van der Waals surface area (Å²) in [5, 5.41) is 3.09. The first kappa shape index (κ1) is 12.0. The quantitative estimate of drug-likeness (QED) is 0.553. The van der Waals surface area contributed by atoms with Crippen molar-refractivity contribution in [2.45, 2.75) is 26.5 Å². The highest BCUT2D eigenvalue weighted by Crippen LogP contribution is 2.11. The molecule has 0 aliphatic heterocycles. The van der Waals surface area contributed by atoms with E-state index < -0.39 is 0 Å². The zero-order valence-corrected chi connectivity index (χ0v) is 9.51. The predicted molar refractivity (Wildman–Crippen MR) is 60.6 cm³/mol. The summed E-state index contributed by atoms with van der Waals surface area (Å²) in [5.41, 5.74) is 2.30. The average Bonchev–Trinajstić information content (AvgIpc) is 2.61. The predicted octanol–water partition coefficient (Wildman–Crippen LogP) is 2.48. The van der Waals surface area contributed by atoms with Gasteiger partial charge in [0.25, 0.3) is 0 Å². The molecule has 0 aromatic carbocycles. The van der Waals surface area contributed by atoms with Crippen LogP contribution in [0.15, 0.2) is 28.9 Å². The largest absolute Gasteiger partial charge is 0.467 e. The lowest BCUT2D eigenvalue weighted by molar-refractivity contribution is 0.108. The van der Waals surface area contributed by atoms with Crippen molar-refractivity contribution < 1.29 is 9.15 Å². The zero-order valence-electron chi connectivity index (χ0n) is 9.51. The molecular weight excluding hydrogens is 190 g/mol. The van der Waals surface area contributed by atoms with E-state index in [-0.39, 0.29) is 0 Å². The third-order valence-electron chi connectivity index (χ3n) is 2.11. The molecule has 1 rings (SSSR count). The van der Waals surface area contributed by atoms with Gasteiger partial charge in [0.15, 0.2) is 0 Å². The van der Waals surface area contributed by atoms with Gasteiger partial charge in [-0.2, -0.15) is 0 Å². The van der Waals surface area contributed by atoms with Gasteiger partial charge in [0, 0.05) is 12.1 Å². The lowest BCUT2D eigenvalue weighted by atomic mass is 10.2. The van der Waals surface area contributed by atoms with Crippen molar-refractivity contribution in [3.63, 3.8) is 0 Å². The molecule has 0 bridgehead atoms. The van der Waals surface area contributed by atoms with E-state index in [1.807, 2.05) is 20.0 Å². The molecule has 1 aromatic rings. The fourth-order valence-corrected chi connectivity index (χ4v) is 1.25. The number of rotatable bonds is 7. The Morgan fingerprint density at radius 2 is 2.40 bits per heavy atom. The third kappa shape index (κ3) is 4.32. The normalized spacial score (nSPS) is 10.5. The smallest absolute Gasteiger partial charge is 0.133 e. The van der Waals surface area contributed by atoms with Crippen LogP contribution in [0.5, 0.6) is 0 Å². The maximum atomic E-state index is 5.49. The molecule has 1 heterocycles. The Balaban J connectivity index is 2.30. The van der Waals surface area contributed by atoms with Crippen molar-refractivity contribution in [2.75, 3.05) is 13.7 Å². The van der Waals surface area contributed by atoms with Crippen molar-refractivity contribution >= 4 is 0 Å². The van der Waals surface area contributed by atoms with Crippen molar-refractivity contribution in [2.24, 2.45) is 0 Å². The van der Waals surface area contributed by atoms with E-state index in [1.54, 1.807) is 6.26 Å². The molecule has 0 unspecified atom stereocenters. The first-order valence-electron chi connectivity index (χ1n) is 5.16. The fraction of sp³-hybridized carbons (Fsp3) is 0.500. The van der Waals surface area contributed by atoms with Crippen molar-refractivity contribution in [3.8, 4) is 0 Å². The Labute approximate surface area is 91.1 Å². The molecule has 0 saturated carbocycles. The molecular formula is C12H19NO2. The van der Waals surface area contributed by atoms with Crippen LogP contribution in [-0.2, 0) is 17.9 Å². The van der Waals surface area contributed by atoms with E-state index in [0.29, 0.717) is 13.2 Å². The molecule has 1 aromatic heterocycles. The van der Waals surface area contributed by atoms with Crippen molar-refractivity contribution in [1.29, 1.82) is 0 Å². The number of hydrogen-bond donors (Lipinski definition) is 1. The number of nitrogens with one attached hydrogen (secondary N) is 1. The summed E-state index contributed by atoms with van der Waals surface area (Å²) in [5.74, 6) is 0.908. The Hall–Kier alpha value is -1.06. The van der Waals surface area contributed by atoms with Crippen molar-refractivity contribution in [3.05, 3.63) is 35.8 Å². The van der Waals surface area contributed by atoms with Crippen LogP contribution in [0.4, 0.5) is 0 Å². The minimum atomic E-state index is 0.539. The standard InChI is InChI=1S/C12H19NO2/c1-10(2)4-6-14-9-12-11(8-13-3)5-7-15-12/h5,7,13H,1,4,6,8-9H2,2-3H3. The van der Waals surface area contributed by atoms with Gasteiger partial charge in [0.2, 0.25) is 0 Å². The molecule has 3 heteroatoms. The van der Waals surface area contributed by atoms with Crippen LogP contribution in [0, 0.1) is 0 Å². The fourth-order valence-electron chi connectivity index (χ4n) is 1.25. The van der Waals surface area contributed by atoms with Crippen LogP contribution in [0.2, 0.25) is 0 Å². The van der Waals surface area contributed by atoms with E-state index in [2.05, 4.69) is 11.9 Å². The van der Waals surface area contributed by atoms with Gasteiger partial charge in [-0.1, -0.05) is 5.57 Å². The summed E-state index contributed by atoms with van der Waals surface area (Å²) >= 11 is 0. The zero-order chi connectivity index (χ0) is 11.1. The second-order valence-electron chi connectivity index (χ2n) is 3.66. The topological polar surface area (TPSA) is 34.4 Å². The van der Waals surface area contributed by atoms with E-state index in [0.717, 1.165) is 29.9 Å². The molecule has 0 fully saturated rings. The number of ether oxygens (including phenoxy) is 1. The van der Waals surface area contributed by atoms with E-state index in [4.69, 9.17) is 9.15 Å². The maximum absolute atomic E-state index is 5.49. The van der Waals surface area contributed by atoms with Crippen LogP contribution < -0.4 is 5.32 Å². The highest BCUT2D eigenvalue weighted by Gasteiger charge is 2.04. The molecule has 0 saturated heterocycles. The van der Waals surface area contributed by atoms with Gasteiger partial charge >= 0.3 is 0 Å². The molecule has 1 N–H and O–H groups in total. The average molecular weight is 209 g/mol. The molecule has 0 spiro atoms. The first-order chi connectivity index (χ1) is 7.24. The minimum absolute atomic E-state index is 0.539. The van der Waals surface area contributed by atoms with Crippen LogP contribution >= 0.6 is 0 Å². The van der Waals surface area contributed by atoms with Gasteiger partial charge < -0.3 is 14.5 Å². The van der Waals surface area contributed by atoms with Crippen molar-refractivity contribution in [1.82, 2.24) is 5.32 Å². The van der Waals surface area contributed by atoms with E-state index >= 15 is 0 Å². The first-order valence-corrected chi connectivity index (χ1v) is 5.16. The van der Waals surface area contributed by atoms with Crippen LogP contribution in [0.25, 0.3) is 0 Å². The summed E-state index contributed by atoms with van der Waals surface area (Å²) in [7, 11) is 1.92. The summed E-state index contributed by atoms with van der Waals surface area (Å²) in [4.78, 5) is 0. The van der Waals surface area contributed by atoms with Gasteiger partial charge in [-0.25, -0.2) is 0 Å². The summed E-state index contributed by atoms with van der Waals surface area (Å²) < 4.78 is 10.8. The Morgan fingerprint density at radius 3 is 3.07 bits per heavy atom. The summed E-state index contributed by atoms with van der Waals surface area (Å²) in [6.45, 7) is 7.88. The highest BCUT2D eigenvalue weighted by molar-refractivity contribution is 5.15. The second-order valence-corrected chi connectivity index (χ2v) is 3.66. The van der Waals surface area contributed by atoms with Crippen LogP contribution in [0.1, 0.15) is 24.7 Å². The Bertz CT molecular complexity index is 304. The van der Waals surface area contributed by atoms with Gasteiger partial charge in [-0.15, -0.1) is 6.58 Å². The molecule has 0 atom stereocenters. The van der Waals surface area contributed by atoms with Crippen LogP contribution in [0.3, 0.4) is 0 Å². The Kier molecular flexibility index (Phi) is 5.15. The van der Waals surface area contributed by atoms with Gasteiger partial charge in [0.05, 0.1) is 12.9 Å². The van der Waals surface area contributed by atoms with E-state index in [9.17, 15) is 0 Å².